The van der Waals surface area contributed by atoms with Crippen molar-refractivity contribution < 1.29 is 24.6 Å². The van der Waals surface area contributed by atoms with Gasteiger partial charge >= 0.3 is 11.9 Å². The largest absolute Gasteiger partial charge is 0.481 e. The van der Waals surface area contributed by atoms with Crippen molar-refractivity contribution >= 4 is 29.6 Å². The molecule has 1 unspecified atom stereocenters. The molecule has 1 aromatic heterocycles. The lowest BCUT2D eigenvalue weighted by Gasteiger charge is -2.24. The number of anilines is 2. The Labute approximate surface area is 189 Å². The smallest absolute Gasteiger partial charge is 0.326 e. The summed E-state index contributed by atoms with van der Waals surface area (Å²) in [7, 11) is 0. The third-order valence-corrected chi connectivity index (χ3v) is 5.63. The summed E-state index contributed by atoms with van der Waals surface area (Å²) in [5.74, 6) is -2.02. The first kappa shape index (κ1) is 23.8. The van der Waals surface area contributed by atoms with Gasteiger partial charge in [0.2, 0.25) is 5.95 Å². The zero-order chi connectivity index (χ0) is 24.0. The third-order valence-electron chi connectivity index (χ3n) is 5.63. The highest BCUT2D eigenvalue weighted by atomic mass is 16.4. The molecule has 0 fully saturated rings. The van der Waals surface area contributed by atoms with Crippen LogP contribution in [0.4, 0.5) is 11.8 Å². The number of hydrogen-bond acceptors (Lipinski definition) is 7. The predicted octanol–water partition coefficient (Wildman–Crippen LogP) is 1.01. The quantitative estimate of drug-likeness (QED) is 0.302. The monoisotopic (exact) mass is 457 g/mol. The van der Waals surface area contributed by atoms with Crippen molar-refractivity contribution in [2.45, 2.75) is 44.6 Å². The molecule has 0 saturated heterocycles. The fourth-order valence-corrected chi connectivity index (χ4v) is 3.84. The van der Waals surface area contributed by atoms with Crippen LogP contribution in [-0.2, 0) is 22.4 Å². The summed E-state index contributed by atoms with van der Waals surface area (Å²) in [5.41, 5.74) is 7.32. The molecule has 2 atom stereocenters. The summed E-state index contributed by atoms with van der Waals surface area (Å²) in [6, 6.07) is 5.60. The van der Waals surface area contributed by atoms with Gasteiger partial charge in [-0.25, -0.2) is 4.79 Å². The minimum absolute atomic E-state index is 0.0978. The van der Waals surface area contributed by atoms with E-state index >= 15 is 0 Å². The Balaban J connectivity index is 1.48. The maximum Gasteiger partial charge on any atom is 0.326 e. The maximum atomic E-state index is 12.3. The molecule has 7 N–H and O–H groups in total. The van der Waals surface area contributed by atoms with E-state index in [9.17, 15) is 24.3 Å². The Morgan fingerprint density at radius 2 is 1.94 bits per heavy atom. The number of nitrogens with one attached hydrogen (secondary N) is 3. The first-order valence-electron chi connectivity index (χ1n) is 10.7. The van der Waals surface area contributed by atoms with Crippen LogP contribution in [-0.4, -0.2) is 50.6 Å². The molecule has 0 saturated carbocycles. The number of carbonyl (C=O) groups excluding carboxylic acids is 1. The number of nitrogens with two attached hydrogens (primary N) is 1. The van der Waals surface area contributed by atoms with Crippen LogP contribution in [0.1, 0.15) is 47.2 Å². The van der Waals surface area contributed by atoms with Gasteiger partial charge in [-0.1, -0.05) is 12.1 Å². The molecule has 11 heteroatoms. The molecule has 11 nitrogen and oxygen atoms in total. The number of hydrogen-bond donors (Lipinski definition) is 6. The van der Waals surface area contributed by atoms with E-state index in [1.54, 1.807) is 12.1 Å². The molecule has 33 heavy (non-hydrogen) atoms. The van der Waals surface area contributed by atoms with Crippen LogP contribution in [0.5, 0.6) is 0 Å². The van der Waals surface area contributed by atoms with Crippen LogP contribution in [0.3, 0.4) is 0 Å². The van der Waals surface area contributed by atoms with Gasteiger partial charge in [0.25, 0.3) is 11.5 Å². The second-order valence-electron chi connectivity index (χ2n) is 8.12. The Morgan fingerprint density at radius 3 is 2.61 bits per heavy atom. The maximum absolute atomic E-state index is 12.3. The minimum atomic E-state index is -1.28. The first-order chi connectivity index (χ1) is 15.7. The number of amides is 1. The summed E-state index contributed by atoms with van der Waals surface area (Å²) in [6.45, 7) is 0.717. The Kier molecular flexibility index (Phi) is 7.65. The van der Waals surface area contributed by atoms with Gasteiger partial charge < -0.3 is 26.6 Å². The number of benzene rings is 1. The van der Waals surface area contributed by atoms with E-state index in [4.69, 9.17) is 10.8 Å². The number of aromatic nitrogens is 2. The van der Waals surface area contributed by atoms with Crippen molar-refractivity contribution in [3.8, 4) is 0 Å². The van der Waals surface area contributed by atoms with E-state index in [1.165, 1.54) is 0 Å². The van der Waals surface area contributed by atoms with Gasteiger partial charge in [-0.15, -0.1) is 0 Å². The predicted molar refractivity (Wildman–Crippen MR) is 120 cm³/mol. The number of fused-ring (bicyclic) bond motifs is 1. The molecule has 1 aromatic carbocycles. The number of rotatable bonds is 10. The molecule has 3 rings (SSSR count). The Morgan fingerprint density at radius 1 is 1.21 bits per heavy atom. The van der Waals surface area contributed by atoms with Crippen molar-refractivity contribution in [2.24, 2.45) is 5.92 Å². The van der Waals surface area contributed by atoms with Crippen LogP contribution in [0, 0.1) is 5.92 Å². The molecule has 0 bridgehead atoms. The van der Waals surface area contributed by atoms with Gasteiger partial charge in [0.15, 0.2) is 0 Å². The van der Waals surface area contributed by atoms with Crippen molar-refractivity contribution in [1.82, 2.24) is 15.3 Å². The van der Waals surface area contributed by atoms with Gasteiger partial charge in [-0.2, -0.15) is 4.98 Å². The summed E-state index contributed by atoms with van der Waals surface area (Å²) < 4.78 is 0. The average molecular weight is 457 g/mol. The fraction of sp³-hybridized carbons (Fsp3) is 0.409. The van der Waals surface area contributed by atoms with Crippen molar-refractivity contribution in [1.29, 1.82) is 0 Å². The summed E-state index contributed by atoms with van der Waals surface area (Å²) in [4.78, 5) is 52.9. The van der Waals surface area contributed by atoms with Gasteiger partial charge in [0, 0.05) is 18.5 Å². The number of aryl methyl sites for hydroxylation is 1. The first-order valence-corrected chi connectivity index (χ1v) is 10.7. The topological polar surface area (TPSA) is 187 Å². The number of aliphatic carboxylic acids is 2. The molecule has 2 heterocycles. The molecular weight excluding hydrogens is 430 g/mol. The standard InChI is InChI=1S/C22H27N5O6/c23-22-26-18-15(20(31)27-22)10-13(11-24-18)3-1-2-12-4-6-14(7-5-12)19(30)25-16(21(32)33)8-9-17(28)29/h4-7,13,16H,1-3,8-11H2,(H,25,30)(H,28,29)(H,32,33)(H4,23,24,26,27,31)/t13?,16-/m1/s1. The molecule has 176 valence electrons. The lowest BCUT2D eigenvalue weighted by atomic mass is 9.91. The van der Waals surface area contributed by atoms with Crippen LogP contribution < -0.4 is 21.9 Å². The van der Waals surface area contributed by atoms with Crippen molar-refractivity contribution in [3.05, 3.63) is 51.3 Å². The molecule has 0 spiro atoms. The Hall–Kier alpha value is -3.89. The highest BCUT2D eigenvalue weighted by Crippen LogP contribution is 2.23. The summed E-state index contributed by atoms with van der Waals surface area (Å²) >= 11 is 0. The number of carbonyl (C=O) groups is 3. The highest BCUT2D eigenvalue weighted by Gasteiger charge is 2.23. The van der Waals surface area contributed by atoms with Crippen LogP contribution in [0.15, 0.2) is 29.1 Å². The van der Waals surface area contributed by atoms with Gasteiger partial charge in [0.1, 0.15) is 11.9 Å². The van der Waals surface area contributed by atoms with Gasteiger partial charge in [-0.05, 0) is 55.7 Å². The SMILES string of the molecule is Nc1nc2c(c(=O)[nH]1)CC(CCCc1ccc(C(=O)N[C@H](CCC(=O)O)C(=O)O)cc1)CN2. The molecule has 0 radical (unpaired) electrons. The van der Waals surface area contributed by atoms with E-state index in [1.807, 2.05) is 12.1 Å². The van der Waals surface area contributed by atoms with Crippen molar-refractivity contribution in [3.63, 3.8) is 0 Å². The normalized spacial score (nSPS) is 15.7. The Bertz CT molecular complexity index is 1080. The summed E-state index contributed by atoms with van der Waals surface area (Å²) in [5, 5.41) is 23.4. The second kappa shape index (κ2) is 10.6. The lowest BCUT2D eigenvalue weighted by Crippen LogP contribution is -2.41. The number of aromatic amines is 1. The molecular formula is C22H27N5O6. The van der Waals surface area contributed by atoms with Gasteiger partial charge in [-0.3, -0.25) is 19.4 Å². The molecule has 1 aliphatic heterocycles. The van der Waals surface area contributed by atoms with Gasteiger partial charge in [0.05, 0.1) is 5.56 Å². The average Bonchev–Trinajstić information content (AvgIpc) is 2.77. The van der Waals surface area contributed by atoms with E-state index in [2.05, 4.69) is 20.6 Å². The van der Waals surface area contributed by atoms with Crippen LogP contribution >= 0.6 is 0 Å². The number of nitrogens with zero attached hydrogens (tertiary/aromatic N) is 1. The minimum Gasteiger partial charge on any atom is -0.481 e. The number of H-pyrrole nitrogens is 1. The van der Waals surface area contributed by atoms with Crippen LogP contribution in [0.2, 0.25) is 0 Å². The fourth-order valence-electron chi connectivity index (χ4n) is 3.84. The zero-order valence-electron chi connectivity index (χ0n) is 18.0. The molecule has 1 aliphatic rings. The van der Waals surface area contributed by atoms with E-state index in [0.717, 1.165) is 24.8 Å². The highest BCUT2D eigenvalue weighted by molar-refractivity contribution is 5.96. The zero-order valence-corrected chi connectivity index (χ0v) is 18.0. The van der Waals surface area contributed by atoms with E-state index in [0.29, 0.717) is 35.8 Å². The number of carboxylic acids is 2. The number of carboxylic acid groups (broad SMARTS) is 2. The molecule has 0 aliphatic carbocycles. The lowest BCUT2D eigenvalue weighted by molar-refractivity contribution is -0.140. The summed E-state index contributed by atoms with van der Waals surface area (Å²) in [6.07, 6.45) is 2.68. The molecule has 2 aromatic rings. The van der Waals surface area contributed by atoms with Crippen LogP contribution in [0.25, 0.3) is 0 Å². The second-order valence-corrected chi connectivity index (χ2v) is 8.12. The number of nitrogen functional groups attached to an aromatic ring is 1. The van der Waals surface area contributed by atoms with E-state index < -0.39 is 23.9 Å². The van der Waals surface area contributed by atoms with Crippen molar-refractivity contribution in [2.75, 3.05) is 17.6 Å². The third kappa shape index (κ3) is 6.55. The molecule has 1 amide bonds. The van der Waals surface area contributed by atoms with E-state index in [-0.39, 0.29) is 24.3 Å².